The van der Waals surface area contributed by atoms with Crippen molar-refractivity contribution < 1.29 is 9.90 Å². The SMILES string of the molecule is CC(=O)CCc1nc2c(c(=O)n(CCCC[C@@H](C)O)c(=O)n2C)n1C. The third-order valence-electron chi connectivity index (χ3n) is 4.41. The van der Waals surface area contributed by atoms with Gasteiger partial charge in [0, 0.05) is 33.5 Å². The predicted molar refractivity (Wildman–Crippen MR) is 94.7 cm³/mol. The minimum absolute atomic E-state index is 0.0523. The number of hydrogen-bond donors (Lipinski definition) is 1. The molecule has 0 fully saturated rings. The van der Waals surface area contributed by atoms with Crippen LogP contribution in [0.3, 0.4) is 0 Å². The van der Waals surface area contributed by atoms with E-state index in [9.17, 15) is 19.5 Å². The van der Waals surface area contributed by atoms with Crippen LogP contribution in [-0.2, 0) is 31.9 Å². The zero-order valence-electron chi connectivity index (χ0n) is 15.3. The Morgan fingerprint density at radius 2 is 1.88 bits per heavy atom. The van der Waals surface area contributed by atoms with Crippen molar-refractivity contribution in [1.29, 1.82) is 0 Å². The Bertz CT molecular complexity index is 889. The van der Waals surface area contributed by atoms with Crippen molar-refractivity contribution in [2.75, 3.05) is 0 Å². The highest BCUT2D eigenvalue weighted by Gasteiger charge is 2.18. The number of unbranched alkanes of at least 4 members (excludes halogenated alkanes) is 1. The summed E-state index contributed by atoms with van der Waals surface area (Å²) >= 11 is 0. The standard InChI is InChI=1S/C17H26N4O4/c1-11(22)7-5-6-10-21-16(24)14-15(20(4)17(21)25)18-13(19(14)3)9-8-12(2)23/h11,22H,5-10H2,1-4H3/t11-/m1/s1. The molecule has 1 N–H and O–H groups in total. The molecule has 1 atom stereocenters. The topological polar surface area (TPSA) is 99.1 Å². The third kappa shape index (κ3) is 4.07. The molecular weight excluding hydrogens is 324 g/mol. The maximum Gasteiger partial charge on any atom is 0.332 e. The van der Waals surface area contributed by atoms with E-state index in [1.807, 2.05) is 0 Å². The first-order chi connectivity index (χ1) is 11.7. The van der Waals surface area contributed by atoms with Crippen LogP contribution in [0, 0.1) is 0 Å². The molecule has 0 aliphatic heterocycles. The zero-order chi connectivity index (χ0) is 18.7. The Kier molecular flexibility index (Phi) is 5.94. The predicted octanol–water partition coefficient (Wildman–Crippen LogP) is 0.506. The number of rotatable bonds is 8. The van der Waals surface area contributed by atoms with Gasteiger partial charge in [-0.1, -0.05) is 0 Å². The summed E-state index contributed by atoms with van der Waals surface area (Å²) in [5.74, 6) is 0.667. The van der Waals surface area contributed by atoms with Gasteiger partial charge in [-0.2, -0.15) is 0 Å². The van der Waals surface area contributed by atoms with Gasteiger partial charge >= 0.3 is 5.69 Å². The van der Waals surface area contributed by atoms with Gasteiger partial charge in [0.15, 0.2) is 11.2 Å². The Labute approximate surface area is 145 Å². The maximum absolute atomic E-state index is 12.8. The number of aromatic nitrogens is 4. The van der Waals surface area contributed by atoms with Gasteiger partial charge < -0.3 is 14.5 Å². The lowest BCUT2D eigenvalue weighted by Gasteiger charge is -2.09. The largest absolute Gasteiger partial charge is 0.393 e. The van der Waals surface area contributed by atoms with Crippen LogP contribution < -0.4 is 11.2 Å². The van der Waals surface area contributed by atoms with Crippen LogP contribution in [0.1, 0.15) is 45.4 Å². The molecular formula is C17H26N4O4. The van der Waals surface area contributed by atoms with Crippen molar-refractivity contribution >= 4 is 16.9 Å². The lowest BCUT2D eigenvalue weighted by molar-refractivity contribution is -0.117. The van der Waals surface area contributed by atoms with Crippen LogP contribution in [0.5, 0.6) is 0 Å². The molecule has 25 heavy (non-hydrogen) atoms. The van der Waals surface area contributed by atoms with Gasteiger partial charge in [-0.3, -0.25) is 13.9 Å². The molecule has 2 aromatic rings. The zero-order valence-corrected chi connectivity index (χ0v) is 15.3. The van der Waals surface area contributed by atoms with Gasteiger partial charge in [0.25, 0.3) is 5.56 Å². The molecule has 0 aliphatic carbocycles. The molecule has 8 heteroatoms. The number of imidazole rings is 1. The quantitative estimate of drug-likeness (QED) is 0.699. The Morgan fingerprint density at radius 3 is 2.48 bits per heavy atom. The van der Waals surface area contributed by atoms with Crippen LogP contribution >= 0.6 is 0 Å². The Balaban J connectivity index is 2.41. The maximum atomic E-state index is 12.8. The average Bonchev–Trinajstić information content (AvgIpc) is 2.87. The number of Topliss-reactive ketones (excluding diaryl/α,β-unsaturated/α-hetero) is 1. The molecule has 0 bridgehead atoms. The van der Waals surface area contributed by atoms with Gasteiger partial charge in [0.2, 0.25) is 0 Å². The molecule has 0 aromatic carbocycles. The molecule has 0 saturated carbocycles. The lowest BCUT2D eigenvalue weighted by Crippen LogP contribution is -2.39. The van der Waals surface area contributed by atoms with E-state index in [-0.39, 0.29) is 17.4 Å². The van der Waals surface area contributed by atoms with Gasteiger partial charge in [0.1, 0.15) is 11.6 Å². The number of nitrogens with zero attached hydrogens (tertiary/aromatic N) is 4. The minimum atomic E-state index is -0.397. The molecule has 0 saturated heterocycles. The summed E-state index contributed by atoms with van der Waals surface area (Å²) in [6.45, 7) is 3.54. The molecule has 2 heterocycles. The van der Waals surface area contributed by atoms with Gasteiger partial charge in [0.05, 0.1) is 6.10 Å². The molecule has 8 nitrogen and oxygen atoms in total. The van der Waals surface area contributed by atoms with Gasteiger partial charge in [-0.05, 0) is 33.1 Å². The molecule has 0 unspecified atom stereocenters. The highest BCUT2D eigenvalue weighted by atomic mass is 16.3. The summed E-state index contributed by atoms with van der Waals surface area (Å²) in [5.41, 5.74) is -0.0440. The fourth-order valence-corrected chi connectivity index (χ4v) is 2.91. The first-order valence-corrected chi connectivity index (χ1v) is 8.56. The van der Waals surface area contributed by atoms with Crippen LogP contribution in [0.4, 0.5) is 0 Å². The van der Waals surface area contributed by atoms with Crippen LogP contribution in [0.15, 0.2) is 9.59 Å². The first-order valence-electron chi connectivity index (χ1n) is 8.56. The lowest BCUT2D eigenvalue weighted by atomic mass is 10.2. The molecule has 0 aliphatic rings. The molecule has 0 amide bonds. The van der Waals surface area contributed by atoms with Crippen LogP contribution in [-0.4, -0.2) is 35.7 Å². The first kappa shape index (κ1) is 19.1. The van der Waals surface area contributed by atoms with Gasteiger partial charge in [-0.15, -0.1) is 0 Å². The normalized spacial score (nSPS) is 12.7. The smallest absolute Gasteiger partial charge is 0.332 e. The minimum Gasteiger partial charge on any atom is -0.393 e. The summed E-state index contributed by atoms with van der Waals surface area (Å²) in [6, 6.07) is 0. The summed E-state index contributed by atoms with van der Waals surface area (Å²) in [5, 5.41) is 9.30. The van der Waals surface area contributed by atoms with Crippen molar-refractivity contribution in [3.8, 4) is 0 Å². The van der Waals surface area contributed by atoms with E-state index < -0.39 is 5.69 Å². The van der Waals surface area contributed by atoms with E-state index in [0.29, 0.717) is 49.2 Å². The van der Waals surface area contributed by atoms with Crippen LogP contribution in [0.2, 0.25) is 0 Å². The molecule has 0 radical (unpaired) electrons. The number of hydrogen-bond acceptors (Lipinski definition) is 5. The summed E-state index contributed by atoms with van der Waals surface area (Å²) in [4.78, 5) is 40.9. The average molecular weight is 350 g/mol. The number of carbonyl (C=O) groups excluding carboxylic acids is 1. The van der Waals surface area contributed by atoms with E-state index in [4.69, 9.17) is 0 Å². The van der Waals surface area contributed by atoms with E-state index in [1.165, 1.54) is 16.1 Å². The number of aliphatic hydroxyl groups is 1. The highest BCUT2D eigenvalue weighted by Crippen LogP contribution is 2.11. The Morgan fingerprint density at radius 1 is 1.20 bits per heavy atom. The van der Waals surface area contributed by atoms with Crippen molar-refractivity contribution in [2.24, 2.45) is 14.1 Å². The molecule has 0 spiro atoms. The second kappa shape index (κ2) is 7.77. The van der Waals surface area contributed by atoms with E-state index in [1.54, 1.807) is 25.6 Å². The van der Waals surface area contributed by atoms with Gasteiger partial charge in [-0.25, -0.2) is 9.78 Å². The van der Waals surface area contributed by atoms with Crippen molar-refractivity contribution in [2.45, 2.75) is 58.6 Å². The summed E-state index contributed by atoms with van der Waals surface area (Å²) in [6.07, 6.45) is 2.41. The third-order valence-corrected chi connectivity index (χ3v) is 4.41. The number of fused-ring (bicyclic) bond motifs is 1. The fourth-order valence-electron chi connectivity index (χ4n) is 2.91. The second-order valence-corrected chi connectivity index (χ2v) is 6.60. The number of aryl methyl sites for hydroxylation is 3. The number of aliphatic hydroxyl groups excluding tert-OH is 1. The summed E-state index contributed by atoms with van der Waals surface area (Å²) < 4.78 is 4.27. The van der Waals surface area contributed by atoms with E-state index in [0.717, 1.165) is 6.42 Å². The number of carbonyl (C=O) groups is 1. The molecule has 2 rings (SSSR count). The van der Waals surface area contributed by atoms with Crippen LogP contribution in [0.25, 0.3) is 11.2 Å². The number of ketones is 1. The molecule has 138 valence electrons. The molecule has 2 aromatic heterocycles. The van der Waals surface area contributed by atoms with Crippen molar-refractivity contribution in [1.82, 2.24) is 18.7 Å². The highest BCUT2D eigenvalue weighted by molar-refractivity contribution is 5.76. The van der Waals surface area contributed by atoms with E-state index in [2.05, 4.69) is 4.98 Å². The Hall–Kier alpha value is -2.22. The van der Waals surface area contributed by atoms with E-state index >= 15 is 0 Å². The fraction of sp³-hybridized carbons (Fsp3) is 0.647. The van der Waals surface area contributed by atoms with Crippen molar-refractivity contribution in [3.05, 3.63) is 26.7 Å². The summed E-state index contributed by atoms with van der Waals surface area (Å²) in [7, 11) is 3.33. The second-order valence-electron chi connectivity index (χ2n) is 6.60. The van der Waals surface area contributed by atoms with Crippen molar-refractivity contribution in [3.63, 3.8) is 0 Å². The monoisotopic (exact) mass is 350 g/mol.